The van der Waals surface area contributed by atoms with E-state index >= 15 is 0 Å². The number of sulfonamides is 1. The number of benzene rings is 3. The second-order valence-electron chi connectivity index (χ2n) is 9.22. The van der Waals surface area contributed by atoms with Crippen LogP contribution in [0.2, 0.25) is 5.02 Å². The number of para-hydroxylation sites is 1. The van der Waals surface area contributed by atoms with Crippen LogP contribution in [0.3, 0.4) is 0 Å². The number of piperidine rings is 1. The predicted octanol–water partition coefficient (Wildman–Crippen LogP) is 6.53. The highest BCUT2D eigenvalue weighted by Crippen LogP contribution is 2.38. The van der Waals surface area contributed by atoms with Crippen LogP contribution in [0.25, 0.3) is 10.9 Å². The third kappa shape index (κ3) is 4.28. The molecule has 1 saturated heterocycles. The molecule has 1 fully saturated rings. The van der Waals surface area contributed by atoms with Crippen LogP contribution in [-0.4, -0.2) is 30.4 Å². The molecule has 34 heavy (non-hydrogen) atoms. The Hall–Kier alpha value is -2.60. The molecule has 0 spiro atoms. The smallest absolute Gasteiger partial charge is 0.243 e. The highest BCUT2D eigenvalue weighted by molar-refractivity contribution is 7.89. The zero-order chi connectivity index (χ0) is 23.9. The minimum Gasteiger partial charge on any atom is -0.340 e. The summed E-state index contributed by atoms with van der Waals surface area (Å²) in [6, 6.07) is 23.8. The average Bonchev–Trinajstić information content (AvgIpc) is 3.12. The molecule has 2 heterocycles. The van der Waals surface area contributed by atoms with Crippen LogP contribution in [0.1, 0.15) is 41.1 Å². The second kappa shape index (κ2) is 9.21. The van der Waals surface area contributed by atoms with Gasteiger partial charge in [0.1, 0.15) is 0 Å². The molecule has 0 aliphatic carbocycles. The van der Waals surface area contributed by atoms with Crippen LogP contribution < -0.4 is 0 Å². The van der Waals surface area contributed by atoms with Gasteiger partial charge in [-0.2, -0.15) is 4.31 Å². The maximum atomic E-state index is 13.2. The zero-order valence-electron chi connectivity index (χ0n) is 19.5. The van der Waals surface area contributed by atoms with Gasteiger partial charge in [0.15, 0.2) is 0 Å². The van der Waals surface area contributed by atoms with Crippen LogP contribution in [0.5, 0.6) is 0 Å². The van der Waals surface area contributed by atoms with E-state index in [2.05, 4.69) is 47.9 Å². The number of hydrogen-bond donors (Lipinski definition) is 0. The minimum atomic E-state index is -3.46. The van der Waals surface area contributed by atoms with Gasteiger partial charge in [-0.05, 0) is 79.6 Å². The van der Waals surface area contributed by atoms with Crippen molar-refractivity contribution in [3.8, 4) is 0 Å². The molecule has 0 unspecified atom stereocenters. The van der Waals surface area contributed by atoms with Crippen molar-refractivity contribution in [2.45, 2.75) is 44.0 Å². The van der Waals surface area contributed by atoms with Crippen molar-refractivity contribution in [3.63, 3.8) is 0 Å². The lowest BCUT2D eigenvalue weighted by Crippen LogP contribution is -2.38. The van der Waals surface area contributed by atoms with E-state index in [1.807, 2.05) is 31.2 Å². The fourth-order valence-electron chi connectivity index (χ4n) is 5.26. The van der Waals surface area contributed by atoms with Gasteiger partial charge in [-0.25, -0.2) is 8.42 Å². The average molecular weight is 493 g/mol. The summed E-state index contributed by atoms with van der Waals surface area (Å²) in [4.78, 5) is 0.390. The van der Waals surface area contributed by atoms with Crippen LogP contribution in [0, 0.1) is 13.8 Å². The van der Waals surface area contributed by atoms with E-state index < -0.39 is 10.0 Å². The first kappa shape index (κ1) is 23.2. The molecule has 1 aliphatic rings. The molecule has 1 aromatic heterocycles. The molecule has 0 N–H and O–H groups in total. The molecule has 0 atom stereocenters. The number of aryl methyl sites for hydroxylation is 1. The Bertz CT molecular complexity index is 1430. The maximum Gasteiger partial charge on any atom is 0.243 e. The van der Waals surface area contributed by atoms with Crippen molar-refractivity contribution < 1.29 is 8.42 Å². The third-order valence-electron chi connectivity index (χ3n) is 7.02. The Morgan fingerprint density at radius 3 is 2.32 bits per heavy atom. The van der Waals surface area contributed by atoms with Gasteiger partial charge in [0, 0.05) is 41.3 Å². The topological polar surface area (TPSA) is 42.3 Å². The van der Waals surface area contributed by atoms with E-state index in [0.29, 0.717) is 23.9 Å². The minimum absolute atomic E-state index is 0.334. The van der Waals surface area contributed by atoms with E-state index in [1.165, 1.54) is 27.7 Å². The van der Waals surface area contributed by atoms with Crippen molar-refractivity contribution in [1.82, 2.24) is 8.87 Å². The van der Waals surface area contributed by atoms with Crippen LogP contribution >= 0.6 is 11.6 Å². The van der Waals surface area contributed by atoms with Crippen molar-refractivity contribution in [1.29, 1.82) is 0 Å². The van der Waals surface area contributed by atoms with Crippen molar-refractivity contribution >= 4 is 32.5 Å². The van der Waals surface area contributed by atoms with Gasteiger partial charge in [-0.15, -0.1) is 0 Å². The summed E-state index contributed by atoms with van der Waals surface area (Å²) in [5, 5.41) is 2.01. The standard InChI is InChI=1S/C28H29ClN2O2S/c1-20-6-5-7-25(18-20)34(32,33)30-16-14-23(15-17-30)28-21(2)31(27-9-4-3-8-26(27)28)19-22-10-12-24(29)13-11-22/h3-13,18,23H,14-17,19H2,1-2H3. The van der Waals surface area contributed by atoms with Crippen molar-refractivity contribution in [2.75, 3.05) is 13.1 Å². The lowest BCUT2D eigenvalue weighted by Gasteiger charge is -2.31. The number of nitrogens with zero attached hydrogens (tertiary/aromatic N) is 2. The number of aromatic nitrogens is 1. The lowest BCUT2D eigenvalue weighted by atomic mass is 9.88. The quantitative estimate of drug-likeness (QED) is 0.318. The summed E-state index contributed by atoms with van der Waals surface area (Å²) >= 11 is 6.08. The molecule has 4 nitrogen and oxygen atoms in total. The third-order valence-corrected chi connectivity index (χ3v) is 9.17. The highest BCUT2D eigenvalue weighted by Gasteiger charge is 2.32. The largest absolute Gasteiger partial charge is 0.340 e. The van der Waals surface area contributed by atoms with E-state index in [-0.39, 0.29) is 0 Å². The molecule has 0 radical (unpaired) electrons. The monoisotopic (exact) mass is 492 g/mol. The Balaban J connectivity index is 1.42. The van der Waals surface area contributed by atoms with Crippen LogP contribution in [0.4, 0.5) is 0 Å². The number of fused-ring (bicyclic) bond motifs is 1. The normalized spacial score (nSPS) is 15.7. The lowest BCUT2D eigenvalue weighted by molar-refractivity contribution is 0.319. The molecule has 0 bridgehead atoms. The summed E-state index contributed by atoms with van der Waals surface area (Å²) in [6.07, 6.45) is 1.64. The molecule has 3 aromatic carbocycles. The maximum absolute atomic E-state index is 13.2. The molecule has 6 heteroatoms. The van der Waals surface area contributed by atoms with Gasteiger partial charge in [0.25, 0.3) is 0 Å². The molecule has 0 amide bonds. The number of hydrogen-bond acceptors (Lipinski definition) is 2. The van der Waals surface area contributed by atoms with Gasteiger partial charge in [-0.3, -0.25) is 0 Å². The van der Waals surface area contributed by atoms with Gasteiger partial charge in [0.2, 0.25) is 10.0 Å². The van der Waals surface area contributed by atoms with Gasteiger partial charge < -0.3 is 4.57 Å². The van der Waals surface area contributed by atoms with Crippen molar-refractivity contribution in [3.05, 3.63) is 100 Å². The summed E-state index contributed by atoms with van der Waals surface area (Å²) in [5.74, 6) is 0.334. The van der Waals surface area contributed by atoms with E-state index in [9.17, 15) is 8.42 Å². The molecular weight excluding hydrogens is 464 g/mol. The van der Waals surface area contributed by atoms with Crippen molar-refractivity contribution in [2.24, 2.45) is 0 Å². The highest BCUT2D eigenvalue weighted by atomic mass is 35.5. The van der Waals surface area contributed by atoms with Gasteiger partial charge in [-0.1, -0.05) is 54.1 Å². The first-order chi connectivity index (χ1) is 16.3. The number of rotatable bonds is 5. The fraction of sp³-hybridized carbons (Fsp3) is 0.286. The van der Waals surface area contributed by atoms with Gasteiger partial charge in [0.05, 0.1) is 4.90 Å². The molecule has 5 rings (SSSR count). The Kier molecular flexibility index (Phi) is 6.28. The summed E-state index contributed by atoms with van der Waals surface area (Å²) in [7, 11) is -3.46. The second-order valence-corrected chi connectivity index (χ2v) is 11.6. The summed E-state index contributed by atoms with van der Waals surface area (Å²) < 4.78 is 30.4. The summed E-state index contributed by atoms with van der Waals surface area (Å²) in [5.41, 5.74) is 6.01. The van der Waals surface area contributed by atoms with E-state index in [4.69, 9.17) is 11.6 Å². The zero-order valence-corrected chi connectivity index (χ0v) is 21.1. The molecule has 176 valence electrons. The molecule has 0 saturated carbocycles. The number of halogens is 1. The SMILES string of the molecule is Cc1cccc(S(=O)(=O)N2CCC(c3c(C)n(Cc4ccc(Cl)cc4)c4ccccc34)CC2)c1. The molecular formula is C28H29ClN2O2S. The summed E-state index contributed by atoms with van der Waals surface area (Å²) in [6.45, 7) is 5.98. The van der Waals surface area contributed by atoms with E-state index in [0.717, 1.165) is 30.0 Å². The van der Waals surface area contributed by atoms with Crippen LogP contribution in [-0.2, 0) is 16.6 Å². The molecule has 4 aromatic rings. The first-order valence-corrected chi connectivity index (χ1v) is 13.6. The Morgan fingerprint density at radius 2 is 1.62 bits per heavy atom. The molecule has 1 aliphatic heterocycles. The van der Waals surface area contributed by atoms with Gasteiger partial charge >= 0.3 is 0 Å². The fourth-order valence-corrected chi connectivity index (χ4v) is 6.96. The Morgan fingerprint density at radius 1 is 0.912 bits per heavy atom. The Labute approximate surface area is 206 Å². The predicted molar refractivity (Wildman–Crippen MR) is 139 cm³/mol. The first-order valence-electron chi connectivity index (χ1n) is 11.7. The van der Waals surface area contributed by atoms with E-state index in [1.54, 1.807) is 16.4 Å². The van der Waals surface area contributed by atoms with Crippen LogP contribution in [0.15, 0.2) is 77.7 Å².